The van der Waals surface area contributed by atoms with Crippen LogP contribution in [0.1, 0.15) is 6.42 Å². The number of anilines is 2. The summed E-state index contributed by atoms with van der Waals surface area (Å²) in [4.78, 5) is 27.9. The Morgan fingerprint density at radius 2 is 2.00 bits per heavy atom. The zero-order chi connectivity index (χ0) is 17.1. The molecule has 0 saturated carbocycles. The number of halogens is 1. The fraction of sp³-hybridized carbons (Fsp3) is 0.125. The zero-order valence-electron chi connectivity index (χ0n) is 12.5. The predicted octanol–water partition coefficient (Wildman–Crippen LogP) is 1.28. The maximum atomic E-state index is 13.1. The third-order valence-corrected chi connectivity index (χ3v) is 3.51. The number of carbonyl (C=O) groups excluding carboxylic acids is 2. The number of benzene rings is 1. The molecule has 0 aliphatic carbocycles. The van der Waals surface area contributed by atoms with Crippen LogP contribution < -0.4 is 16.1 Å². The van der Waals surface area contributed by atoms with Crippen LogP contribution in [0.5, 0.6) is 0 Å². The molecule has 1 aliphatic heterocycles. The van der Waals surface area contributed by atoms with Gasteiger partial charge in [-0.1, -0.05) is 0 Å². The Hall–Kier alpha value is -3.29. The van der Waals surface area contributed by atoms with E-state index in [2.05, 4.69) is 15.4 Å². The molecule has 1 aromatic heterocycles. The lowest BCUT2D eigenvalue weighted by molar-refractivity contribution is -0.119. The molecule has 0 saturated heterocycles. The van der Waals surface area contributed by atoms with E-state index in [1.165, 1.54) is 35.5 Å². The number of rotatable bonds is 4. The van der Waals surface area contributed by atoms with Gasteiger partial charge < -0.3 is 11.1 Å². The highest BCUT2D eigenvalue weighted by molar-refractivity contribution is 6.44. The van der Waals surface area contributed by atoms with Crippen molar-refractivity contribution < 1.29 is 14.0 Å². The highest BCUT2D eigenvalue weighted by atomic mass is 19.1. The Bertz CT molecular complexity index is 792. The van der Waals surface area contributed by atoms with Crippen LogP contribution in [0.15, 0.2) is 53.9 Å². The van der Waals surface area contributed by atoms with Crippen molar-refractivity contribution in [1.82, 2.24) is 4.98 Å². The van der Waals surface area contributed by atoms with Crippen molar-refractivity contribution in [3.63, 3.8) is 0 Å². The molecule has 2 amide bonds. The molecule has 3 rings (SSSR count). The molecule has 2 aromatic rings. The number of hydrazone groups is 1. The van der Waals surface area contributed by atoms with Crippen molar-refractivity contribution in [3.8, 4) is 0 Å². The maximum Gasteiger partial charge on any atom is 0.272 e. The SMILES string of the molecule is NC(=O)[C@@H]1CC(C(=O)Nc2cccnc2)=NN1c1ccc(F)cc1. The molecule has 3 N–H and O–H groups in total. The number of nitrogens with one attached hydrogen (secondary N) is 1. The van der Waals surface area contributed by atoms with E-state index in [-0.39, 0.29) is 12.1 Å². The monoisotopic (exact) mass is 327 g/mol. The van der Waals surface area contributed by atoms with Crippen molar-refractivity contribution in [2.24, 2.45) is 10.8 Å². The van der Waals surface area contributed by atoms with Gasteiger partial charge in [0.05, 0.1) is 17.6 Å². The first-order valence-electron chi connectivity index (χ1n) is 7.17. The first kappa shape index (κ1) is 15.6. The predicted molar refractivity (Wildman–Crippen MR) is 86.8 cm³/mol. The Balaban J connectivity index is 1.83. The van der Waals surface area contributed by atoms with E-state index in [9.17, 15) is 14.0 Å². The number of hydrogen-bond donors (Lipinski definition) is 2. The van der Waals surface area contributed by atoms with Gasteiger partial charge in [0.25, 0.3) is 5.91 Å². The summed E-state index contributed by atoms with van der Waals surface area (Å²) in [6.45, 7) is 0. The molecule has 122 valence electrons. The summed E-state index contributed by atoms with van der Waals surface area (Å²) in [7, 11) is 0. The second-order valence-electron chi connectivity index (χ2n) is 5.19. The van der Waals surface area contributed by atoms with Gasteiger partial charge in [-0.2, -0.15) is 5.10 Å². The third-order valence-electron chi connectivity index (χ3n) is 3.51. The second kappa shape index (κ2) is 6.45. The second-order valence-corrected chi connectivity index (χ2v) is 5.19. The van der Waals surface area contributed by atoms with E-state index in [1.807, 2.05) is 0 Å². The summed E-state index contributed by atoms with van der Waals surface area (Å²) in [6, 6.07) is 8.00. The minimum atomic E-state index is -0.801. The lowest BCUT2D eigenvalue weighted by atomic mass is 10.1. The average molecular weight is 327 g/mol. The van der Waals surface area contributed by atoms with Crippen LogP contribution in [0.2, 0.25) is 0 Å². The van der Waals surface area contributed by atoms with Crippen LogP contribution in [0, 0.1) is 5.82 Å². The molecule has 0 spiro atoms. The number of pyridine rings is 1. The quantitative estimate of drug-likeness (QED) is 0.883. The van der Waals surface area contributed by atoms with Crippen molar-refractivity contribution >= 4 is 28.9 Å². The number of carbonyl (C=O) groups is 2. The van der Waals surface area contributed by atoms with Crippen molar-refractivity contribution in [3.05, 3.63) is 54.6 Å². The number of primary amides is 1. The fourth-order valence-electron chi connectivity index (χ4n) is 2.34. The first-order chi connectivity index (χ1) is 11.5. The van der Waals surface area contributed by atoms with Crippen LogP contribution in [-0.4, -0.2) is 28.6 Å². The Labute approximate surface area is 137 Å². The number of amides is 2. The minimum absolute atomic E-state index is 0.0683. The van der Waals surface area contributed by atoms with Crippen LogP contribution >= 0.6 is 0 Å². The standard InChI is InChI=1S/C16H14FN5O2/c17-10-3-5-12(6-4-10)22-14(15(18)23)8-13(21-22)16(24)20-11-2-1-7-19-9-11/h1-7,9,14H,8H2,(H2,18,23)(H,20,24)/t14-/m0/s1. The smallest absolute Gasteiger partial charge is 0.272 e. The van der Waals surface area contributed by atoms with Gasteiger partial charge in [-0.05, 0) is 36.4 Å². The van der Waals surface area contributed by atoms with Crippen LogP contribution in [-0.2, 0) is 9.59 Å². The van der Waals surface area contributed by atoms with E-state index in [0.717, 1.165) is 0 Å². The molecule has 0 radical (unpaired) electrons. The maximum absolute atomic E-state index is 13.1. The van der Waals surface area contributed by atoms with E-state index >= 15 is 0 Å². The molecule has 2 heterocycles. The molecule has 1 aliphatic rings. The van der Waals surface area contributed by atoms with Gasteiger partial charge in [0, 0.05) is 12.6 Å². The molecule has 0 bridgehead atoms. The van der Waals surface area contributed by atoms with Gasteiger partial charge in [-0.15, -0.1) is 0 Å². The molecule has 8 heteroatoms. The molecular formula is C16H14FN5O2. The highest BCUT2D eigenvalue weighted by Crippen LogP contribution is 2.25. The minimum Gasteiger partial charge on any atom is -0.368 e. The summed E-state index contributed by atoms with van der Waals surface area (Å²) >= 11 is 0. The van der Waals surface area contributed by atoms with Crippen molar-refractivity contribution in [2.45, 2.75) is 12.5 Å². The lowest BCUT2D eigenvalue weighted by Gasteiger charge is -2.20. The highest BCUT2D eigenvalue weighted by Gasteiger charge is 2.35. The summed E-state index contributed by atoms with van der Waals surface area (Å²) in [5.41, 5.74) is 6.55. The van der Waals surface area contributed by atoms with Gasteiger partial charge >= 0.3 is 0 Å². The van der Waals surface area contributed by atoms with E-state index < -0.39 is 23.7 Å². The number of aromatic nitrogens is 1. The molecule has 0 unspecified atom stereocenters. The molecular weight excluding hydrogens is 313 g/mol. The van der Waals surface area contributed by atoms with Gasteiger partial charge in [-0.25, -0.2) is 4.39 Å². The van der Waals surface area contributed by atoms with E-state index in [0.29, 0.717) is 11.4 Å². The van der Waals surface area contributed by atoms with Crippen molar-refractivity contribution in [2.75, 3.05) is 10.3 Å². The molecule has 24 heavy (non-hydrogen) atoms. The van der Waals surface area contributed by atoms with Gasteiger partial charge in [0.2, 0.25) is 5.91 Å². The Morgan fingerprint density at radius 1 is 1.25 bits per heavy atom. The van der Waals surface area contributed by atoms with Crippen molar-refractivity contribution in [1.29, 1.82) is 0 Å². The third kappa shape index (κ3) is 3.22. The van der Waals surface area contributed by atoms with Crippen LogP contribution in [0.3, 0.4) is 0 Å². The molecule has 1 aromatic carbocycles. The largest absolute Gasteiger partial charge is 0.368 e. The van der Waals surface area contributed by atoms with E-state index in [4.69, 9.17) is 5.73 Å². The van der Waals surface area contributed by atoms with Gasteiger partial charge in [-0.3, -0.25) is 19.6 Å². The number of nitrogens with two attached hydrogens (primary N) is 1. The normalized spacial score (nSPS) is 16.6. The topological polar surface area (TPSA) is 101 Å². The number of nitrogens with zero attached hydrogens (tertiary/aromatic N) is 3. The zero-order valence-corrected chi connectivity index (χ0v) is 12.5. The summed E-state index contributed by atoms with van der Waals surface area (Å²) < 4.78 is 13.1. The van der Waals surface area contributed by atoms with E-state index in [1.54, 1.807) is 18.3 Å². The van der Waals surface area contributed by atoms with Crippen LogP contribution in [0.4, 0.5) is 15.8 Å². The summed E-state index contributed by atoms with van der Waals surface area (Å²) in [5.74, 6) is -1.47. The number of hydrogen-bond acceptors (Lipinski definition) is 5. The Morgan fingerprint density at radius 3 is 2.62 bits per heavy atom. The lowest BCUT2D eigenvalue weighted by Crippen LogP contribution is -2.39. The molecule has 7 nitrogen and oxygen atoms in total. The Kier molecular flexibility index (Phi) is 4.19. The summed E-state index contributed by atoms with van der Waals surface area (Å²) in [5, 5.41) is 8.17. The molecule has 0 fully saturated rings. The fourth-order valence-corrected chi connectivity index (χ4v) is 2.34. The van der Waals surface area contributed by atoms with Gasteiger partial charge in [0.15, 0.2) is 0 Å². The van der Waals surface area contributed by atoms with Crippen LogP contribution in [0.25, 0.3) is 0 Å². The molecule has 1 atom stereocenters. The van der Waals surface area contributed by atoms with Gasteiger partial charge in [0.1, 0.15) is 17.6 Å². The summed E-state index contributed by atoms with van der Waals surface area (Å²) in [6.07, 6.45) is 3.15. The first-order valence-corrected chi connectivity index (χ1v) is 7.17. The average Bonchev–Trinajstić information content (AvgIpc) is 3.02.